The van der Waals surface area contributed by atoms with Crippen LogP contribution in [0.3, 0.4) is 0 Å². The van der Waals surface area contributed by atoms with Crippen LogP contribution in [0.1, 0.15) is 130 Å². The van der Waals surface area contributed by atoms with Gasteiger partial charge in [-0.15, -0.1) is 0 Å². The molecule has 1 aromatic heterocycles. The number of hydrogen-bond donors (Lipinski definition) is 7. The fraction of sp³-hybridized carbons (Fsp3) is 0.426. The van der Waals surface area contributed by atoms with E-state index in [1.54, 1.807) is 11.9 Å². The summed E-state index contributed by atoms with van der Waals surface area (Å²) in [6.45, 7) is 1.49. The van der Waals surface area contributed by atoms with E-state index in [-0.39, 0.29) is 80.3 Å². The number of nitrogens with two attached hydrogens (primary N) is 1. The normalized spacial score (nSPS) is 19.9. The van der Waals surface area contributed by atoms with E-state index in [9.17, 15) is 61.5 Å². The Balaban J connectivity index is 0.934. The number of benzene rings is 4. The lowest BCUT2D eigenvalue weighted by atomic mass is 9.79. The molecule has 446 valence electrons. The molecule has 0 spiro atoms. The van der Waals surface area contributed by atoms with Crippen molar-refractivity contribution < 1.29 is 61.5 Å². The lowest BCUT2D eigenvalue weighted by molar-refractivity contribution is -0.140. The fourth-order valence-electron chi connectivity index (χ4n) is 11.8. The highest BCUT2D eigenvalue weighted by atomic mass is 31.2. The van der Waals surface area contributed by atoms with Crippen molar-refractivity contribution >= 4 is 71.3 Å². The average Bonchev–Trinajstić information content (AvgIpc) is 2.16. The van der Waals surface area contributed by atoms with Crippen LogP contribution in [0.15, 0.2) is 114 Å². The van der Waals surface area contributed by atoms with Gasteiger partial charge >= 0.3 is 18.9 Å². The molecule has 3 unspecified atom stereocenters. The van der Waals surface area contributed by atoms with Gasteiger partial charge in [0.05, 0.1) is 17.1 Å². The number of allylic oxidation sites excluding steroid dienone is 1. The van der Waals surface area contributed by atoms with Crippen LogP contribution >= 0.6 is 7.60 Å². The van der Waals surface area contributed by atoms with Gasteiger partial charge in [-0.05, 0) is 104 Å². The zero-order valence-electron chi connectivity index (χ0n) is 46.8. The Morgan fingerprint density at radius 2 is 1.46 bits per heavy atom. The largest absolute Gasteiger partial charge is 0.399 e. The molecular formula is C61H71F2N8O12P. The Morgan fingerprint density at radius 1 is 0.810 bits per heavy atom. The molecule has 3 heterocycles. The second kappa shape index (κ2) is 27.2. The van der Waals surface area contributed by atoms with Crippen LogP contribution in [0.2, 0.25) is 0 Å². The van der Waals surface area contributed by atoms with Crippen LogP contribution in [0.5, 0.6) is 0 Å². The molecule has 0 radical (unpaired) electrons. The lowest BCUT2D eigenvalue weighted by Gasteiger charge is -2.36. The van der Waals surface area contributed by atoms with Crippen molar-refractivity contribution in [3.63, 3.8) is 0 Å². The van der Waals surface area contributed by atoms with E-state index in [0.29, 0.717) is 30.3 Å². The number of rotatable bonds is 23. The first-order valence-electron chi connectivity index (χ1n) is 28.4. The number of aryl methyl sites for hydroxylation is 2. The topological polar surface area (TPSA) is 298 Å². The van der Waals surface area contributed by atoms with Gasteiger partial charge in [-0.2, -0.15) is 8.78 Å². The van der Waals surface area contributed by atoms with Crippen molar-refractivity contribution in [1.82, 2.24) is 35.3 Å². The molecular weight excluding hydrogens is 1110 g/mol. The van der Waals surface area contributed by atoms with Gasteiger partial charge < -0.3 is 36.4 Å². The first-order chi connectivity index (χ1) is 40.0. The third-order valence-corrected chi connectivity index (χ3v) is 17.4. The highest BCUT2D eigenvalue weighted by molar-refractivity contribution is 7.52. The summed E-state index contributed by atoms with van der Waals surface area (Å²) < 4.78 is 43.4. The summed E-state index contributed by atoms with van der Waals surface area (Å²) >= 11 is 0. The molecule has 8 rings (SSSR count). The molecule has 23 heteroatoms. The summed E-state index contributed by atoms with van der Waals surface area (Å²) in [6.07, 6.45) is 6.79. The van der Waals surface area contributed by atoms with Gasteiger partial charge in [0.1, 0.15) is 18.1 Å². The minimum absolute atomic E-state index is 0.137. The van der Waals surface area contributed by atoms with Crippen LogP contribution in [-0.4, -0.2) is 96.1 Å². The molecule has 20 nitrogen and oxygen atoms in total. The summed E-state index contributed by atoms with van der Waals surface area (Å²) in [6, 6.07) is 24.1. The van der Waals surface area contributed by atoms with E-state index in [0.717, 1.165) is 67.0 Å². The SMILES string of the molecule is C/C(=C\C(=O)N[C@H]1CN(C(=O)CCCCCCCc2ccc3c(c2)n(C)c(=O)n3C2CCC(=O)NC2=O)CCC2CC[C@@H](C(=O)N[C@@H](CCC(N)=O)C(=O)NC(c3ccccc3)c3ccccc3)C2C1=O)c1ccc(C(F)(F)P(=O)(O)O)cc1. The Bertz CT molecular complexity index is 3380. The number of alkyl halides is 2. The number of fused-ring (bicyclic) bond motifs is 2. The molecule has 5 aromatic rings. The smallest absolute Gasteiger partial charge is 0.370 e. The maximum Gasteiger partial charge on any atom is 0.399 e. The quantitative estimate of drug-likeness (QED) is 0.0169. The van der Waals surface area contributed by atoms with Crippen molar-refractivity contribution in [3.8, 4) is 0 Å². The third-order valence-electron chi connectivity index (χ3n) is 16.4. The zero-order chi connectivity index (χ0) is 60.5. The van der Waals surface area contributed by atoms with Gasteiger partial charge in [-0.3, -0.25) is 57.4 Å². The molecule has 2 aliphatic heterocycles. The Kier molecular flexibility index (Phi) is 20.1. The average molecular weight is 1180 g/mol. The van der Waals surface area contributed by atoms with Crippen molar-refractivity contribution in [2.45, 2.75) is 127 Å². The van der Waals surface area contributed by atoms with Gasteiger partial charge in [0.25, 0.3) is 0 Å². The number of imidazole rings is 1. The van der Waals surface area contributed by atoms with Crippen LogP contribution in [0.25, 0.3) is 16.6 Å². The second-order valence-corrected chi connectivity index (χ2v) is 23.8. The molecule has 3 aliphatic rings. The Hall–Kier alpha value is -7.94. The molecule has 0 bridgehead atoms. The van der Waals surface area contributed by atoms with Crippen LogP contribution < -0.4 is 32.7 Å². The number of amides is 7. The zero-order valence-corrected chi connectivity index (χ0v) is 47.7. The molecule has 6 atom stereocenters. The summed E-state index contributed by atoms with van der Waals surface area (Å²) in [7, 11) is -4.20. The number of ketones is 1. The number of halogens is 2. The molecule has 1 aliphatic carbocycles. The molecule has 3 fully saturated rings. The summed E-state index contributed by atoms with van der Waals surface area (Å²) in [5.41, 5.74) is 4.14. The standard InChI is InChI=1S/C61H71F2N8O12P/c1-37(39-21-24-43(25-22-39)61(62,63)84(81,82)83)34-52(74)65-46-36-70(53(75)19-13-5-3-4-8-14-38-20-28-47-49(35-38)69(2)60(80)71(47)48-29-31-51(73)67-59(48)79)33-32-40-23-26-44(54(40)56(46)76)57(77)66-45(27-30-50(64)72)58(78)68-55(41-15-9-6-10-16-41)42-17-11-7-12-18-42/h6-7,9-12,15-18,20-22,24-25,28,34-35,40,44-46,48,54-55H,3-5,8,13-14,19,23,26-27,29-33,36H2,1-2H3,(H2,64,72)(H,65,74)(H,66,77)(H,68,78)(H,67,73,79)(H2,81,82,83)/b37-34+/t40?,44-,45+,46+,48?,54?/m1/s1. The van der Waals surface area contributed by atoms with Crippen molar-refractivity contribution in [3.05, 3.63) is 148 Å². The van der Waals surface area contributed by atoms with E-state index in [1.165, 1.54) is 28.2 Å². The fourth-order valence-corrected chi connectivity index (χ4v) is 12.3. The highest BCUT2D eigenvalue weighted by Gasteiger charge is 2.51. The number of nitrogens with one attached hydrogen (secondary N) is 4. The lowest BCUT2D eigenvalue weighted by Crippen LogP contribution is -2.56. The number of likely N-dealkylation sites (tertiary alicyclic amines) is 1. The number of primary amides is 1. The predicted octanol–water partition coefficient (Wildman–Crippen LogP) is 6.12. The molecule has 8 N–H and O–H groups in total. The number of nitrogens with zero attached hydrogens (tertiary/aromatic N) is 3. The summed E-state index contributed by atoms with van der Waals surface area (Å²) in [5.74, 6) is -6.57. The van der Waals surface area contributed by atoms with E-state index >= 15 is 4.79 Å². The summed E-state index contributed by atoms with van der Waals surface area (Å²) in [4.78, 5) is 142. The maximum atomic E-state index is 15.0. The van der Waals surface area contributed by atoms with Gasteiger partial charge in [0, 0.05) is 62.9 Å². The van der Waals surface area contributed by atoms with Crippen LogP contribution in [0.4, 0.5) is 8.78 Å². The predicted molar refractivity (Wildman–Crippen MR) is 307 cm³/mol. The molecule has 4 aromatic carbocycles. The van der Waals surface area contributed by atoms with Gasteiger partial charge in [-0.1, -0.05) is 110 Å². The van der Waals surface area contributed by atoms with Crippen LogP contribution in [0, 0.1) is 17.8 Å². The number of Topliss-reactive ketones (excluding diaryl/α,β-unsaturated/α-hetero) is 1. The van der Waals surface area contributed by atoms with E-state index < -0.39 is 96.1 Å². The maximum absolute atomic E-state index is 15.0. The van der Waals surface area contributed by atoms with Gasteiger partial charge in [0.15, 0.2) is 5.78 Å². The number of hydrogen-bond acceptors (Lipinski definition) is 10. The number of carbonyl (C=O) groups excluding carboxylic acids is 8. The monoisotopic (exact) mass is 1180 g/mol. The van der Waals surface area contributed by atoms with E-state index in [1.807, 2.05) is 78.9 Å². The molecule has 7 amide bonds. The first-order valence-corrected chi connectivity index (χ1v) is 30.0. The number of unbranched alkanes of at least 4 members (excludes halogenated alkanes) is 4. The molecule has 84 heavy (non-hydrogen) atoms. The van der Waals surface area contributed by atoms with E-state index in [4.69, 9.17) is 5.73 Å². The minimum Gasteiger partial charge on any atom is -0.370 e. The summed E-state index contributed by atoms with van der Waals surface area (Å²) in [5, 5.41) is 11.0. The number of aromatic nitrogens is 2. The third kappa shape index (κ3) is 14.7. The Labute approximate surface area is 484 Å². The first kappa shape index (κ1) is 62.1. The minimum atomic E-state index is -5.85. The molecule has 2 saturated heterocycles. The molecule has 1 saturated carbocycles. The highest BCUT2D eigenvalue weighted by Crippen LogP contribution is 2.59. The van der Waals surface area contributed by atoms with E-state index in [2.05, 4.69) is 21.3 Å². The van der Waals surface area contributed by atoms with Crippen molar-refractivity contribution in [2.24, 2.45) is 30.5 Å². The number of imide groups is 1. The van der Waals surface area contributed by atoms with Crippen molar-refractivity contribution in [2.75, 3.05) is 13.1 Å². The van der Waals surface area contributed by atoms with Crippen LogP contribution in [-0.2, 0) is 62.1 Å². The van der Waals surface area contributed by atoms with Gasteiger partial charge in [-0.25, -0.2) is 4.79 Å². The van der Waals surface area contributed by atoms with Gasteiger partial charge in [0.2, 0.25) is 41.4 Å². The van der Waals surface area contributed by atoms with Crippen molar-refractivity contribution in [1.29, 1.82) is 0 Å². The number of carbonyl (C=O) groups is 8. The second-order valence-electron chi connectivity index (χ2n) is 22.2. The number of piperidine rings is 1. The Morgan fingerprint density at radius 3 is 2.11 bits per heavy atom.